The Hall–Kier alpha value is -0.360. The van der Waals surface area contributed by atoms with Crippen molar-refractivity contribution in [1.29, 1.82) is 0 Å². The van der Waals surface area contributed by atoms with Gasteiger partial charge in [0.1, 0.15) is 0 Å². The van der Waals surface area contributed by atoms with Crippen molar-refractivity contribution >= 4 is 18.3 Å². The van der Waals surface area contributed by atoms with E-state index in [4.69, 9.17) is 15.2 Å². The lowest BCUT2D eigenvalue weighted by Crippen LogP contribution is -2.52. The number of nitrogens with one attached hydrogen (secondary N) is 1. The Morgan fingerprint density at radius 1 is 1.27 bits per heavy atom. The van der Waals surface area contributed by atoms with Crippen molar-refractivity contribution in [3.63, 3.8) is 0 Å². The molecule has 2 fully saturated rings. The highest BCUT2D eigenvalue weighted by Gasteiger charge is 2.41. The molecule has 6 heteroatoms. The predicted molar refractivity (Wildman–Crippen MR) is 89.2 cm³/mol. The summed E-state index contributed by atoms with van der Waals surface area (Å²) in [5.41, 5.74) is 5.73. The molecule has 0 aromatic carbocycles. The summed E-state index contributed by atoms with van der Waals surface area (Å²) in [7, 11) is 0. The van der Waals surface area contributed by atoms with Crippen LogP contribution in [0.4, 0.5) is 0 Å². The van der Waals surface area contributed by atoms with E-state index in [1.54, 1.807) is 0 Å². The molecule has 1 aliphatic heterocycles. The zero-order chi connectivity index (χ0) is 15.2. The zero-order valence-electron chi connectivity index (χ0n) is 13.7. The van der Waals surface area contributed by atoms with Crippen molar-refractivity contribution in [3.8, 4) is 0 Å². The molecule has 3 N–H and O–H groups in total. The first-order valence-electron chi connectivity index (χ1n) is 8.30. The highest BCUT2D eigenvalue weighted by atomic mass is 35.5. The van der Waals surface area contributed by atoms with Crippen LogP contribution in [-0.4, -0.2) is 45.4 Å². The van der Waals surface area contributed by atoms with Gasteiger partial charge in [-0.25, -0.2) is 0 Å². The third-order valence-electron chi connectivity index (χ3n) is 5.34. The monoisotopic (exact) mass is 334 g/mol. The second-order valence-electron chi connectivity index (χ2n) is 6.58. The summed E-state index contributed by atoms with van der Waals surface area (Å²) in [6.07, 6.45) is 6.17. The zero-order valence-corrected chi connectivity index (χ0v) is 14.5. The summed E-state index contributed by atoms with van der Waals surface area (Å²) in [6.45, 7) is 6.03. The summed E-state index contributed by atoms with van der Waals surface area (Å²) in [4.78, 5) is 12.6. The molecular formula is C16H31ClN2O3. The van der Waals surface area contributed by atoms with Gasteiger partial charge in [0, 0.05) is 39.5 Å². The molecule has 1 amide bonds. The molecule has 0 spiro atoms. The number of hydrogen-bond acceptors (Lipinski definition) is 4. The highest BCUT2D eigenvalue weighted by molar-refractivity contribution is 5.85. The van der Waals surface area contributed by atoms with Crippen molar-refractivity contribution in [2.45, 2.75) is 45.4 Å². The maximum atomic E-state index is 12.6. The standard InChI is InChI=1S/C16H30N2O3.ClH/c1-2-20-9-6-15(4-3-5-15)13-18-14(19)16(12-17)7-10-21-11-8-16;/h2-13,17H2,1H3,(H,18,19);1H. The molecule has 22 heavy (non-hydrogen) atoms. The minimum atomic E-state index is -0.414. The van der Waals surface area contributed by atoms with Gasteiger partial charge in [0.05, 0.1) is 5.41 Å². The maximum absolute atomic E-state index is 12.6. The van der Waals surface area contributed by atoms with Crippen LogP contribution in [0.15, 0.2) is 0 Å². The molecule has 1 aliphatic carbocycles. The first-order chi connectivity index (χ1) is 10.2. The van der Waals surface area contributed by atoms with Crippen LogP contribution >= 0.6 is 12.4 Å². The molecule has 0 aromatic heterocycles. The normalized spacial score (nSPS) is 22.3. The van der Waals surface area contributed by atoms with Gasteiger partial charge in [0.25, 0.3) is 0 Å². The van der Waals surface area contributed by atoms with Crippen LogP contribution in [-0.2, 0) is 14.3 Å². The van der Waals surface area contributed by atoms with E-state index in [0.717, 1.165) is 39.0 Å². The van der Waals surface area contributed by atoms with Gasteiger partial charge >= 0.3 is 0 Å². The average molecular weight is 335 g/mol. The smallest absolute Gasteiger partial charge is 0.227 e. The average Bonchev–Trinajstić information content (AvgIpc) is 2.49. The summed E-state index contributed by atoms with van der Waals surface area (Å²) < 4.78 is 10.8. The van der Waals surface area contributed by atoms with Crippen LogP contribution in [0.2, 0.25) is 0 Å². The van der Waals surface area contributed by atoms with E-state index in [1.165, 1.54) is 19.3 Å². The van der Waals surface area contributed by atoms with Crippen LogP contribution < -0.4 is 11.1 Å². The minimum Gasteiger partial charge on any atom is -0.382 e. The first-order valence-corrected chi connectivity index (χ1v) is 8.30. The molecule has 0 unspecified atom stereocenters. The van der Waals surface area contributed by atoms with Gasteiger partial charge in [-0.2, -0.15) is 0 Å². The molecule has 2 rings (SSSR count). The molecule has 0 radical (unpaired) electrons. The predicted octanol–water partition coefficient (Wildman–Crippen LogP) is 1.88. The van der Waals surface area contributed by atoms with Crippen molar-refractivity contribution < 1.29 is 14.3 Å². The van der Waals surface area contributed by atoms with E-state index in [-0.39, 0.29) is 23.7 Å². The van der Waals surface area contributed by atoms with Crippen LogP contribution in [0, 0.1) is 10.8 Å². The fourth-order valence-electron chi connectivity index (χ4n) is 3.37. The third kappa shape index (κ3) is 4.57. The Bertz CT molecular complexity index is 342. The summed E-state index contributed by atoms with van der Waals surface area (Å²) in [6, 6.07) is 0. The second-order valence-corrected chi connectivity index (χ2v) is 6.58. The number of ether oxygens (including phenoxy) is 2. The Morgan fingerprint density at radius 3 is 2.45 bits per heavy atom. The lowest BCUT2D eigenvalue weighted by Gasteiger charge is -2.43. The number of halogens is 1. The number of carbonyl (C=O) groups is 1. The number of nitrogens with two attached hydrogens (primary N) is 1. The van der Waals surface area contributed by atoms with E-state index < -0.39 is 5.41 Å². The lowest BCUT2D eigenvalue weighted by atomic mass is 9.66. The van der Waals surface area contributed by atoms with E-state index in [2.05, 4.69) is 5.32 Å². The molecule has 0 aromatic rings. The first kappa shape index (κ1) is 19.7. The van der Waals surface area contributed by atoms with Crippen LogP contribution in [0.3, 0.4) is 0 Å². The van der Waals surface area contributed by atoms with Gasteiger partial charge in [-0.3, -0.25) is 4.79 Å². The van der Waals surface area contributed by atoms with Crippen molar-refractivity contribution in [2.24, 2.45) is 16.6 Å². The van der Waals surface area contributed by atoms with Crippen molar-refractivity contribution in [3.05, 3.63) is 0 Å². The lowest BCUT2D eigenvalue weighted by molar-refractivity contribution is -0.137. The Morgan fingerprint density at radius 2 is 1.95 bits per heavy atom. The molecule has 1 saturated heterocycles. The second kappa shape index (κ2) is 9.06. The summed E-state index contributed by atoms with van der Waals surface area (Å²) in [5, 5.41) is 3.18. The van der Waals surface area contributed by atoms with Crippen LogP contribution in [0.1, 0.15) is 45.4 Å². The molecule has 1 heterocycles. The number of amides is 1. The van der Waals surface area contributed by atoms with E-state index >= 15 is 0 Å². The summed E-state index contributed by atoms with van der Waals surface area (Å²) in [5.74, 6) is 0.121. The van der Waals surface area contributed by atoms with Crippen LogP contribution in [0.25, 0.3) is 0 Å². The van der Waals surface area contributed by atoms with Gasteiger partial charge in [0.15, 0.2) is 0 Å². The van der Waals surface area contributed by atoms with E-state index in [1.807, 2.05) is 6.92 Å². The summed E-state index contributed by atoms with van der Waals surface area (Å²) >= 11 is 0. The molecule has 1 saturated carbocycles. The molecule has 5 nitrogen and oxygen atoms in total. The Labute approximate surface area is 140 Å². The third-order valence-corrected chi connectivity index (χ3v) is 5.34. The van der Waals surface area contributed by atoms with Gasteiger partial charge in [-0.05, 0) is 44.4 Å². The topological polar surface area (TPSA) is 73.6 Å². The van der Waals surface area contributed by atoms with Gasteiger partial charge < -0.3 is 20.5 Å². The Kier molecular flexibility index (Phi) is 8.11. The molecule has 2 aliphatic rings. The highest BCUT2D eigenvalue weighted by Crippen LogP contribution is 2.43. The molecule has 0 bridgehead atoms. The quantitative estimate of drug-likeness (QED) is 0.665. The molecular weight excluding hydrogens is 304 g/mol. The molecule has 0 atom stereocenters. The van der Waals surface area contributed by atoms with Crippen LogP contribution in [0.5, 0.6) is 0 Å². The molecule has 130 valence electrons. The number of hydrogen-bond donors (Lipinski definition) is 2. The maximum Gasteiger partial charge on any atom is 0.227 e. The number of rotatable bonds is 8. The Balaban J connectivity index is 0.00000242. The van der Waals surface area contributed by atoms with Crippen molar-refractivity contribution in [1.82, 2.24) is 5.32 Å². The SMILES string of the molecule is CCOCCC1(CNC(=O)C2(CN)CCOCC2)CCC1.Cl. The number of carbonyl (C=O) groups excluding carboxylic acids is 1. The minimum absolute atomic E-state index is 0. The van der Waals surface area contributed by atoms with Crippen molar-refractivity contribution in [2.75, 3.05) is 39.5 Å². The fraction of sp³-hybridized carbons (Fsp3) is 0.938. The van der Waals surface area contributed by atoms with E-state index in [9.17, 15) is 4.79 Å². The van der Waals surface area contributed by atoms with E-state index in [0.29, 0.717) is 19.8 Å². The largest absolute Gasteiger partial charge is 0.382 e. The van der Waals surface area contributed by atoms with Gasteiger partial charge in [-0.15, -0.1) is 12.4 Å². The van der Waals surface area contributed by atoms with Gasteiger partial charge in [-0.1, -0.05) is 6.42 Å². The fourth-order valence-corrected chi connectivity index (χ4v) is 3.37. The van der Waals surface area contributed by atoms with Gasteiger partial charge in [0.2, 0.25) is 5.91 Å².